The van der Waals surface area contributed by atoms with Crippen LogP contribution in [0.2, 0.25) is 0 Å². The summed E-state index contributed by atoms with van der Waals surface area (Å²) >= 11 is 6.08. The van der Waals surface area contributed by atoms with Crippen molar-refractivity contribution >= 4 is 17.9 Å². The molecule has 0 bridgehead atoms. The molecule has 1 N–H and O–H groups in total. The number of rotatable bonds is 8. The Morgan fingerprint density at radius 2 is 2.06 bits per heavy atom. The maximum Gasteiger partial charge on any atom is 0.201 e. The number of nitrogens with zero attached hydrogens (tertiary/aromatic N) is 4. The van der Waals surface area contributed by atoms with Gasteiger partial charge >= 0.3 is 0 Å². The first-order valence-electron chi connectivity index (χ1n) is 8.93. The molecule has 2 rings (SSSR count). The maximum atomic E-state index is 14.8. The highest BCUT2D eigenvalue weighted by atomic mass is 35.5. The highest BCUT2D eigenvalue weighted by Gasteiger charge is 2.17. The summed E-state index contributed by atoms with van der Waals surface area (Å²) in [4.78, 5) is 19.0. The SMILES string of the molecule is C/C=C(C=O)\C(Cl)=C/CNn1ccnccncc1-c1ccc(OCC#N)c(F)c1F. The number of hydrogen-bond acceptors (Lipinski definition) is 6. The van der Waals surface area contributed by atoms with Gasteiger partial charge in [-0.15, -0.1) is 0 Å². The number of allylic oxidation sites excluding steroid dienone is 3. The Bertz CT molecular complexity index is 1090. The van der Waals surface area contributed by atoms with Crippen molar-refractivity contribution in [1.29, 1.82) is 5.26 Å². The van der Waals surface area contributed by atoms with Crippen molar-refractivity contribution in [2.75, 3.05) is 18.6 Å². The summed E-state index contributed by atoms with van der Waals surface area (Å²) in [5, 5.41) is 8.80. The van der Waals surface area contributed by atoms with Crippen molar-refractivity contribution in [2.24, 2.45) is 0 Å². The number of aldehydes is 1. The highest BCUT2D eigenvalue weighted by Crippen LogP contribution is 2.29. The Labute approximate surface area is 182 Å². The third-order valence-corrected chi connectivity index (χ3v) is 4.24. The van der Waals surface area contributed by atoms with Crippen LogP contribution in [-0.4, -0.2) is 34.1 Å². The van der Waals surface area contributed by atoms with Crippen molar-refractivity contribution in [3.8, 4) is 23.1 Å². The van der Waals surface area contributed by atoms with Crippen LogP contribution in [0.5, 0.6) is 5.75 Å². The van der Waals surface area contributed by atoms with E-state index >= 15 is 0 Å². The van der Waals surface area contributed by atoms with E-state index in [1.54, 1.807) is 25.1 Å². The Balaban J connectivity index is 2.50. The monoisotopic (exact) mass is 445 g/mol. The van der Waals surface area contributed by atoms with E-state index in [9.17, 15) is 13.6 Å². The Hall–Kier alpha value is -3.77. The van der Waals surface area contributed by atoms with Gasteiger partial charge in [-0.3, -0.25) is 19.4 Å². The molecule has 160 valence electrons. The molecular formula is C21H18ClF2N5O2. The first kappa shape index (κ1) is 23.5. The molecule has 0 spiro atoms. The Morgan fingerprint density at radius 1 is 1.29 bits per heavy atom. The largest absolute Gasteiger partial charge is 0.476 e. The van der Waals surface area contributed by atoms with Crippen molar-refractivity contribution in [3.63, 3.8) is 0 Å². The summed E-state index contributed by atoms with van der Waals surface area (Å²) in [5.74, 6) is -2.79. The van der Waals surface area contributed by atoms with Gasteiger partial charge in [-0.1, -0.05) is 17.7 Å². The smallest absolute Gasteiger partial charge is 0.201 e. The van der Waals surface area contributed by atoms with E-state index in [4.69, 9.17) is 21.6 Å². The van der Waals surface area contributed by atoms with E-state index < -0.39 is 18.2 Å². The lowest BCUT2D eigenvalue weighted by Crippen LogP contribution is -2.17. The van der Waals surface area contributed by atoms with Crippen molar-refractivity contribution < 1.29 is 18.3 Å². The number of aromatic nitrogens is 3. The molecule has 0 aliphatic rings. The predicted octanol–water partition coefficient (Wildman–Crippen LogP) is 4.06. The van der Waals surface area contributed by atoms with Crippen LogP contribution in [-0.2, 0) is 4.79 Å². The second kappa shape index (κ2) is 12.0. The number of halogens is 3. The lowest BCUT2D eigenvalue weighted by molar-refractivity contribution is -0.104. The molecule has 0 radical (unpaired) electrons. The minimum absolute atomic E-state index is 0.116. The van der Waals surface area contributed by atoms with Crippen molar-refractivity contribution in [2.45, 2.75) is 6.92 Å². The summed E-state index contributed by atoms with van der Waals surface area (Å²) < 4.78 is 35.5. The normalized spacial score (nSPS) is 11.3. The molecule has 1 aromatic heterocycles. The van der Waals surface area contributed by atoms with E-state index in [0.717, 1.165) is 0 Å². The quantitative estimate of drug-likeness (QED) is 0.374. The van der Waals surface area contributed by atoms with Gasteiger partial charge < -0.3 is 10.2 Å². The van der Waals surface area contributed by atoms with Gasteiger partial charge in [0.05, 0.1) is 18.4 Å². The number of hydrogen-bond donors (Lipinski definition) is 1. The van der Waals surface area contributed by atoms with Crippen LogP contribution >= 0.6 is 11.6 Å². The van der Waals surface area contributed by atoms with Crippen LogP contribution in [0, 0.1) is 23.0 Å². The van der Waals surface area contributed by atoms with Gasteiger partial charge in [-0.2, -0.15) is 9.65 Å². The van der Waals surface area contributed by atoms with Gasteiger partial charge in [0.2, 0.25) is 5.82 Å². The van der Waals surface area contributed by atoms with Crippen molar-refractivity contribution in [1.82, 2.24) is 14.6 Å². The molecular weight excluding hydrogens is 428 g/mol. The molecule has 0 saturated heterocycles. The topological polar surface area (TPSA) is 92.8 Å². The van der Waals surface area contributed by atoms with E-state index in [2.05, 4.69) is 15.4 Å². The summed E-state index contributed by atoms with van der Waals surface area (Å²) in [5.41, 5.74) is 3.32. The summed E-state index contributed by atoms with van der Waals surface area (Å²) in [6.45, 7) is 1.40. The van der Waals surface area contributed by atoms with Crippen molar-refractivity contribution in [3.05, 3.63) is 77.5 Å². The molecule has 0 unspecified atom stereocenters. The zero-order valence-electron chi connectivity index (χ0n) is 16.4. The fourth-order valence-electron chi connectivity index (χ4n) is 2.39. The number of nitrogens with one attached hydrogen (secondary N) is 1. The molecule has 0 atom stereocenters. The zero-order valence-corrected chi connectivity index (χ0v) is 17.2. The molecule has 0 fully saturated rings. The molecule has 10 heteroatoms. The average molecular weight is 446 g/mol. The molecule has 1 heterocycles. The number of carbonyl (C=O) groups is 1. The molecule has 1 aromatic carbocycles. The van der Waals surface area contributed by atoms with E-state index in [1.165, 1.54) is 47.8 Å². The molecule has 31 heavy (non-hydrogen) atoms. The van der Waals surface area contributed by atoms with Crippen LogP contribution in [0.25, 0.3) is 11.3 Å². The Kier molecular flexibility index (Phi) is 9.13. The lowest BCUT2D eigenvalue weighted by Gasteiger charge is -2.14. The fraction of sp³-hybridized carbons (Fsp3) is 0.143. The minimum Gasteiger partial charge on any atom is -0.476 e. The number of ether oxygens (including phenoxy) is 1. The number of nitriles is 1. The molecule has 2 aromatic rings. The van der Waals surface area contributed by atoms with Gasteiger partial charge in [0, 0.05) is 41.0 Å². The van der Waals surface area contributed by atoms with E-state index in [1.807, 2.05) is 0 Å². The molecule has 0 aliphatic carbocycles. The molecule has 7 nitrogen and oxygen atoms in total. The van der Waals surface area contributed by atoms with Crippen LogP contribution < -0.4 is 10.2 Å². The van der Waals surface area contributed by atoms with Crippen LogP contribution in [0.1, 0.15) is 6.92 Å². The summed E-state index contributed by atoms with van der Waals surface area (Å²) in [6, 6.07) is 4.22. The van der Waals surface area contributed by atoms with E-state index in [0.29, 0.717) is 11.9 Å². The van der Waals surface area contributed by atoms with Gasteiger partial charge in [-0.05, 0) is 25.1 Å². The first-order valence-corrected chi connectivity index (χ1v) is 9.31. The molecule has 0 amide bonds. The third-order valence-electron chi connectivity index (χ3n) is 3.87. The number of benzene rings is 1. The highest BCUT2D eigenvalue weighted by molar-refractivity contribution is 6.34. The maximum absolute atomic E-state index is 14.8. The Morgan fingerprint density at radius 3 is 2.77 bits per heavy atom. The standard InChI is InChI=1S/C21H18ClF2N5O2/c1-2-15(14-30)17(22)5-7-28-29-11-10-26-8-9-27-13-18(29)16-3-4-19(31-12-6-25)21(24)20(16)23/h2-5,8-11,13-14,28H,7,12H2,1H3/b11-10?,15-2-,17-5+,18-13?,26-8?,27-9?. The lowest BCUT2D eigenvalue weighted by atomic mass is 10.1. The minimum atomic E-state index is -1.23. The zero-order chi connectivity index (χ0) is 22.6. The summed E-state index contributed by atoms with van der Waals surface area (Å²) in [7, 11) is 0. The average Bonchev–Trinajstić information content (AvgIpc) is 2.88. The number of carbonyl (C=O) groups excluding carboxylic acids is 1. The first-order chi connectivity index (χ1) is 15.0. The summed E-state index contributed by atoms with van der Waals surface area (Å²) in [6.07, 6.45) is 10.8. The second-order valence-corrected chi connectivity index (χ2v) is 6.15. The third kappa shape index (κ3) is 6.35. The van der Waals surface area contributed by atoms with Crippen LogP contribution in [0.15, 0.2) is 65.9 Å². The second-order valence-electron chi connectivity index (χ2n) is 5.74. The van der Waals surface area contributed by atoms with Gasteiger partial charge in [0.25, 0.3) is 0 Å². The molecule has 0 saturated carbocycles. The van der Waals surface area contributed by atoms with Gasteiger partial charge in [0.15, 0.2) is 24.5 Å². The van der Waals surface area contributed by atoms with Crippen LogP contribution in [0.4, 0.5) is 8.78 Å². The molecule has 0 aliphatic heterocycles. The van der Waals surface area contributed by atoms with Gasteiger partial charge in [0.1, 0.15) is 6.07 Å². The van der Waals surface area contributed by atoms with Gasteiger partial charge in [-0.25, -0.2) is 4.39 Å². The predicted molar refractivity (Wildman–Crippen MR) is 112 cm³/mol. The fourth-order valence-corrected chi connectivity index (χ4v) is 2.62. The van der Waals surface area contributed by atoms with Crippen LogP contribution in [0.3, 0.4) is 0 Å². The van der Waals surface area contributed by atoms with E-state index in [-0.39, 0.29) is 28.6 Å².